The third-order valence-electron chi connectivity index (χ3n) is 4.24. The molecule has 0 aromatic heterocycles. The lowest BCUT2D eigenvalue weighted by Crippen LogP contribution is -2.23. The Hall–Kier alpha value is -2.66. The van der Waals surface area contributed by atoms with Gasteiger partial charge in [0, 0.05) is 11.1 Å². The van der Waals surface area contributed by atoms with Crippen molar-refractivity contribution in [2.75, 3.05) is 13.2 Å². The van der Waals surface area contributed by atoms with E-state index in [9.17, 15) is 14.7 Å². The van der Waals surface area contributed by atoms with Crippen LogP contribution in [-0.2, 0) is 6.61 Å². The van der Waals surface area contributed by atoms with E-state index in [0.29, 0.717) is 35.8 Å². The number of fused-ring (bicyclic) bond motifs is 2. The maximum atomic E-state index is 13.2. The van der Waals surface area contributed by atoms with E-state index in [1.807, 2.05) is 13.8 Å². The van der Waals surface area contributed by atoms with Crippen LogP contribution in [0, 0.1) is 0 Å². The molecule has 0 saturated heterocycles. The van der Waals surface area contributed by atoms with Crippen molar-refractivity contribution in [2.45, 2.75) is 33.3 Å². The van der Waals surface area contributed by atoms with Crippen molar-refractivity contribution in [1.82, 2.24) is 0 Å². The maximum absolute atomic E-state index is 13.2. The molecule has 0 saturated carbocycles. The number of aliphatic hydroxyl groups is 1. The van der Waals surface area contributed by atoms with Gasteiger partial charge in [0.2, 0.25) is 5.78 Å². The van der Waals surface area contributed by atoms with Crippen LogP contribution in [0.25, 0.3) is 0 Å². The third-order valence-corrected chi connectivity index (χ3v) is 4.24. The number of benzene rings is 2. The van der Waals surface area contributed by atoms with E-state index < -0.39 is 0 Å². The molecule has 1 aliphatic carbocycles. The van der Waals surface area contributed by atoms with Gasteiger partial charge in [0.1, 0.15) is 11.5 Å². The maximum Gasteiger partial charge on any atom is 0.201 e. The Bertz CT molecular complexity index is 854. The number of carbonyl (C=O) groups is 2. The second kappa shape index (κ2) is 7.70. The average molecular weight is 354 g/mol. The number of hydrogen-bond acceptors (Lipinski definition) is 5. The van der Waals surface area contributed by atoms with Gasteiger partial charge in [-0.25, -0.2) is 0 Å². The van der Waals surface area contributed by atoms with E-state index in [-0.39, 0.29) is 34.9 Å². The van der Waals surface area contributed by atoms with Crippen LogP contribution in [0.3, 0.4) is 0 Å². The van der Waals surface area contributed by atoms with Crippen LogP contribution < -0.4 is 9.47 Å². The molecule has 26 heavy (non-hydrogen) atoms. The summed E-state index contributed by atoms with van der Waals surface area (Å²) in [6, 6.07) is 8.25. The largest absolute Gasteiger partial charge is 0.493 e. The van der Waals surface area contributed by atoms with Crippen LogP contribution >= 0.6 is 0 Å². The van der Waals surface area contributed by atoms with Crippen LogP contribution in [0.15, 0.2) is 30.3 Å². The summed E-state index contributed by atoms with van der Waals surface area (Å²) in [6.45, 7) is 4.59. The molecule has 2 aromatic carbocycles. The lowest BCUT2D eigenvalue weighted by molar-refractivity contribution is 0.0971. The molecule has 0 fully saturated rings. The van der Waals surface area contributed by atoms with Gasteiger partial charge < -0.3 is 14.6 Å². The van der Waals surface area contributed by atoms with E-state index in [1.54, 1.807) is 30.3 Å². The highest BCUT2D eigenvalue weighted by atomic mass is 16.5. The summed E-state index contributed by atoms with van der Waals surface area (Å²) in [5.41, 5.74) is 1.68. The summed E-state index contributed by atoms with van der Waals surface area (Å²) in [5, 5.41) is 9.51. The first-order valence-electron chi connectivity index (χ1n) is 8.88. The van der Waals surface area contributed by atoms with Crippen molar-refractivity contribution in [3.8, 4) is 11.5 Å². The molecule has 136 valence electrons. The molecule has 0 aliphatic heterocycles. The van der Waals surface area contributed by atoms with E-state index in [0.717, 1.165) is 12.8 Å². The molecule has 5 heteroatoms. The molecular weight excluding hydrogens is 332 g/mol. The minimum atomic E-state index is -0.281. The highest BCUT2D eigenvalue weighted by Gasteiger charge is 2.35. The fourth-order valence-electron chi connectivity index (χ4n) is 3.06. The van der Waals surface area contributed by atoms with Crippen molar-refractivity contribution in [3.05, 3.63) is 58.1 Å². The molecule has 0 atom stereocenters. The normalized spacial score (nSPS) is 12.6. The molecule has 0 unspecified atom stereocenters. The first-order valence-corrected chi connectivity index (χ1v) is 8.88. The number of rotatable bonds is 7. The molecule has 0 spiro atoms. The molecule has 5 nitrogen and oxygen atoms in total. The number of ether oxygens (including phenoxy) is 2. The average Bonchev–Trinajstić information content (AvgIpc) is 2.67. The fourth-order valence-corrected chi connectivity index (χ4v) is 3.06. The predicted octanol–water partition coefficient (Wildman–Crippen LogP) is 3.53. The fraction of sp³-hybridized carbons (Fsp3) is 0.333. The SMILES string of the molecule is CCCOc1cccc2c1C(=O)c1c(OCCC)cc(CO)cc1C2=O. The monoisotopic (exact) mass is 354 g/mol. The van der Waals surface area contributed by atoms with Gasteiger partial charge in [-0.1, -0.05) is 26.0 Å². The van der Waals surface area contributed by atoms with Crippen LogP contribution in [0.2, 0.25) is 0 Å². The van der Waals surface area contributed by atoms with Gasteiger partial charge in [0.25, 0.3) is 0 Å². The van der Waals surface area contributed by atoms with E-state index in [4.69, 9.17) is 9.47 Å². The Morgan fingerprint density at radius 2 is 1.50 bits per heavy atom. The van der Waals surface area contributed by atoms with Gasteiger partial charge in [-0.05, 0) is 36.6 Å². The second-order valence-electron chi connectivity index (χ2n) is 6.21. The second-order valence-corrected chi connectivity index (χ2v) is 6.21. The Kier molecular flexibility index (Phi) is 5.38. The zero-order valence-electron chi connectivity index (χ0n) is 15.0. The highest BCUT2D eigenvalue weighted by Crippen LogP contribution is 2.38. The van der Waals surface area contributed by atoms with Gasteiger partial charge in [-0.2, -0.15) is 0 Å². The Morgan fingerprint density at radius 3 is 2.15 bits per heavy atom. The summed E-state index contributed by atoms with van der Waals surface area (Å²) < 4.78 is 11.4. The summed E-state index contributed by atoms with van der Waals surface area (Å²) >= 11 is 0. The van der Waals surface area contributed by atoms with Crippen molar-refractivity contribution in [2.24, 2.45) is 0 Å². The van der Waals surface area contributed by atoms with Crippen LogP contribution in [-0.4, -0.2) is 29.9 Å². The molecule has 0 heterocycles. The highest BCUT2D eigenvalue weighted by molar-refractivity contribution is 6.30. The van der Waals surface area contributed by atoms with Crippen molar-refractivity contribution in [1.29, 1.82) is 0 Å². The molecule has 0 bridgehead atoms. The number of aliphatic hydroxyl groups excluding tert-OH is 1. The third kappa shape index (κ3) is 3.10. The van der Waals surface area contributed by atoms with E-state index in [1.165, 1.54) is 0 Å². The lowest BCUT2D eigenvalue weighted by atomic mass is 9.82. The Morgan fingerprint density at radius 1 is 0.846 bits per heavy atom. The Labute approximate surface area is 152 Å². The van der Waals surface area contributed by atoms with Gasteiger partial charge >= 0.3 is 0 Å². The Balaban J connectivity index is 2.18. The van der Waals surface area contributed by atoms with Gasteiger partial charge in [-0.15, -0.1) is 0 Å². The lowest BCUT2D eigenvalue weighted by Gasteiger charge is -2.23. The van der Waals surface area contributed by atoms with Crippen LogP contribution in [0.1, 0.15) is 64.1 Å². The zero-order valence-corrected chi connectivity index (χ0v) is 15.0. The smallest absolute Gasteiger partial charge is 0.201 e. The standard InChI is InChI=1S/C21H22O5/c1-3-8-25-16-7-5-6-14-18(16)21(24)19-15(20(14)23)10-13(12-22)11-17(19)26-9-4-2/h5-7,10-11,22H,3-4,8-9,12H2,1-2H3. The molecule has 3 rings (SSSR count). The number of carbonyl (C=O) groups excluding carboxylic acids is 2. The number of ketones is 2. The molecule has 0 radical (unpaired) electrons. The van der Waals surface area contributed by atoms with Crippen LogP contribution in [0.5, 0.6) is 11.5 Å². The molecular formula is C21H22O5. The summed E-state index contributed by atoms with van der Waals surface area (Å²) in [4.78, 5) is 26.3. The van der Waals surface area contributed by atoms with E-state index in [2.05, 4.69) is 0 Å². The molecule has 1 N–H and O–H groups in total. The van der Waals surface area contributed by atoms with Crippen LogP contribution in [0.4, 0.5) is 0 Å². The van der Waals surface area contributed by atoms with Crippen molar-refractivity contribution in [3.63, 3.8) is 0 Å². The molecule has 2 aromatic rings. The van der Waals surface area contributed by atoms with Gasteiger partial charge in [0.05, 0.1) is 30.9 Å². The van der Waals surface area contributed by atoms with Crippen molar-refractivity contribution < 1.29 is 24.2 Å². The minimum Gasteiger partial charge on any atom is -0.493 e. The van der Waals surface area contributed by atoms with Gasteiger partial charge in [0.15, 0.2) is 5.78 Å². The minimum absolute atomic E-state index is 0.232. The topological polar surface area (TPSA) is 72.8 Å². The predicted molar refractivity (Wildman–Crippen MR) is 97.2 cm³/mol. The van der Waals surface area contributed by atoms with Crippen molar-refractivity contribution >= 4 is 11.6 Å². The quantitative estimate of drug-likeness (QED) is 0.703. The first-order chi connectivity index (χ1) is 12.6. The zero-order chi connectivity index (χ0) is 18.7. The summed E-state index contributed by atoms with van der Waals surface area (Å²) in [6.07, 6.45) is 1.56. The summed E-state index contributed by atoms with van der Waals surface area (Å²) in [5.74, 6) is 0.216. The first kappa shape index (κ1) is 18.1. The van der Waals surface area contributed by atoms with Gasteiger partial charge in [-0.3, -0.25) is 9.59 Å². The van der Waals surface area contributed by atoms with E-state index >= 15 is 0 Å². The molecule has 0 amide bonds. The molecule has 1 aliphatic rings. The summed E-state index contributed by atoms with van der Waals surface area (Å²) in [7, 11) is 0. The number of hydrogen-bond donors (Lipinski definition) is 1.